The first-order valence-corrected chi connectivity index (χ1v) is 9.01. The van der Waals surface area contributed by atoms with Gasteiger partial charge in [-0.3, -0.25) is 28.8 Å². The molecule has 0 atom stereocenters. The molecular formula is C17H18O19. The first kappa shape index (κ1) is 31.2. The third kappa shape index (κ3) is 4.71. The summed E-state index contributed by atoms with van der Waals surface area (Å²) in [6.45, 7) is -0.955. The van der Waals surface area contributed by atoms with Gasteiger partial charge in [0.15, 0.2) is 10.8 Å². The summed E-state index contributed by atoms with van der Waals surface area (Å²) in [6.07, 6.45) is -4.91. The van der Waals surface area contributed by atoms with Gasteiger partial charge in [-0.05, 0) is 19.3 Å². The number of hydrogen-bond donors (Lipinski definition) is 9. The van der Waals surface area contributed by atoms with Crippen molar-refractivity contribution in [3.8, 4) is 0 Å². The molecule has 0 bridgehead atoms. The topological polar surface area (TPSA) is 345 Å². The average molecular weight is 526 g/mol. The van der Waals surface area contributed by atoms with Crippen LogP contribution in [0.2, 0.25) is 0 Å². The van der Waals surface area contributed by atoms with E-state index in [1.54, 1.807) is 0 Å². The van der Waals surface area contributed by atoms with Crippen molar-refractivity contribution in [1.82, 2.24) is 0 Å². The van der Waals surface area contributed by atoms with Crippen molar-refractivity contribution in [2.75, 3.05) is 6.61 Å². The molecular weight excluding hydrogens is 508 g/mol. The minimum atomic E-state index is -4.17. The predicted molar refractivity (Wildman–Crippen MR) is 99.6 cm³/mol. The minimum absolute atomic E-state index is 0.639. The van der Waals surface area contributed by atoms with E-state index in [0.29, 0.717) is 0 Å². The van der Waals surface area contributed by atoms with E-state index in [-0.39, 0.29) is 0 Å². The van der Waals surface area contributed by atoms with Crippen LogP contribution in [-0.4, -0.2) is 112 Å². The lowest BCUT2D eigenvalue weighted by Crippen LogP contribution is -2.74. The second kappa shape index (κ2) is 11.1. The third-order valence-corrected chi connectivity index (χ3v) is 5.31. The second-order valence-electron chi connectivity index (χ2n) is 7.01. The number of aliphatic carboxylic acids is 9. The summed E-state index contributed by atoms with van der Waals surface area (Å²) in [5.41, 5.74) is -11.6. The fraction of sp³-hybridized carbons (Fsp3) is 0.471. The first-order chi connectivity index (χ1) is 16.3. The van der Waals surface area contributed by atoms with Gasteiger partial charge in [-0.15, -0.1) is 0 Å². The van der Waals surface area contributed by atoms with E-state index in [2.05, 4.69) is 4.74 Å². The molecule has 9 N–H and O–H groups in total. The molecule has 0 aromatic carbocycles. The summed E-state index contributed by atoms with van der Waals surface area (Å²) in [5.74, 6) is -20.1. The number of carbonyl (C=O) groups is 9. The van der Waals surface area contributed by atoms with Crippen molar-refractivity contribution in [1.29, 1.82) is 0 Å². The Labute approximate surface area is 196 Å². The van der Waals surface area contributed by atoms with Gasteiger partial charge in [0.05, 0.1) is 0 Å². The Balaban J connectivity index is 0.000000860. The Morgan fingerprint density at radius 2 is 0.861 bits per heavy atom. The van der Waals surface area contributed by atoms with Gasteiger partial charge in [-0.2, -0.15) is 0 Å². The van der Waals surface area contributed by atoms with Crippen molar-refractivity contribution in [2.24, 2.45) is 16.2 Å². The molecule has 0 heterocycles. The zero-order valence-corrected chi connectivity index (χ0v) is 17.5. The van der Waals surface area contributed by atoms with Crippen LogP contribution in [0.5, 0.6) is 0 Å². The highest BCUT2D eigenvalue weighted by Crippen LogP contribution is 2.61. The molecule has 0 aromatic heterocycles. The normalized spacial score (nSPS) is 16.9. The lowest BCUT2D eigenvalue weighted by molar-refractivity contribution is -0.225. The number of carboxylic acids is 9. The largest absolute Gasteiger partial charge is 0.480 e. The van der Waals surface area contributed by atoms with Crippen LogP contribution < -0.4 is 0 Å². The lowest BCUT2D eigenvalue weighted by Gasteiger charge is -2.50. The fourth-order valence-electron chi connectivity index (χ4n) is 3.83. The second-order valence-corrected chi connectivity index (χ2v) is 7.01. The molecule has 19 heteroatoms. The summed E-state index contributed by atoms with van der Waals surface area (Å²) in [5, 5.41) is 80.3. The lowest BCUT2D eigenvalue weighted by atomic mass is 9.44. The molecule has 1 aliphatic carbocycles. The highest BCUT2D eigenvalue weighted by Gasteiger charge is 2.85. The molecule has 0 spiro atoms. The number of hydrogen-bond acceptors (Lipinski definition) is 10. The quantitative estimate of drug-likeness (QED) is 0.123. The van der Waals surface area contributed by atoms with Crippen LogP contribution in [0.15, 0.2) is 0 Å². The zero-order chi connectivity index (χ0) is 28.8. The van der Waals surface area contributed by atoms with Crippen LogP contribution in [0, 0.1) is 16.2 Å². The van der Waals surface area contributed by atoms with E-state index < -0.39 is 102 Å². The van der Waals surface area contributed by atoms with Crippen molar-refractivity contribution in [3.63, 3.8) is 0 Å². The highest BCUT2D eigenvalue weighted by molar-refractivity contribution is 6.20. The van der Waals surface area contributed by atoms with E-state index in [0.717, 1.165) is 0 Å². The molecule has 0 saturated heterocycles. The maximum atomic E-state index is 11.7. The molecule has 36 heavy (non-hydrogen) atoms. The van der Waals surface area contributed by atoms with Gasteiger partial charge < -0.3 is 50.7 Å². The van der Waals surface area contributed by atoms with Gasteiger partial charge in [-0.1, -0.05) is 0 Å². The molecule has 1 saturated carbocycles. The van der Waals surface area contributed by atoms with Gasteiger partial charge in [0.2, 0.25) is 5.41 Å². The van der Waals surface area contributed by atoms with Crippen LogP contribution in [0.25, 0.3) is 0 Å². The molecule has 0 unspecified atom stereocenters. The number of carboxylic acid groups (broad SMARTS) is 9. The maximum Gasteiger partial charge on any atom is 0.344 e. The fourth-order valence-corrected chi connectivity index (χ4v) is 3.83. The molecule has 0 radical (unpaired) electrons. The van der Waals surface area contributed by atoms with Crippen LogP contribution in [0.1, 0.15) is 19.3 Å². The Morgan fingerprint density at radius 3 is 1.06 bits per heavy atom. The summed E-state index contributed by atoms with van der Waals surface area (Å²) >= 11 is 0. The summed E-state index contributed by atoms with van der Waals surface area (Å²) in [4.78, 5) is 99.7. The molecule has 0 amide bonds. The SMILES string of the molecule is O=C(O)C1(C(=O)O)CCCC(C(=O)O)(C(=O)O)C1(C(=O)O)C(=O)O.O=C(O)COC(C(=O)O)C(=O)O. The third-order valence-electron chi connectivity index (χ3n) is 5.31. The number of ether oxygens (including phenoxy) is 1. The van der Waals surface area contributed by atoms with E-state index in [9.17, 15) is 73.8 Å². The van der Waals surface area contributed by atoms with Gasteiger partial charge in [0.25, 0.3) is 6.10 Å². The smallest absolute Gasteiger partial charge is 0.344 e. The Hall–Kier alpha value is -4.81. The zero-order valence-electron chi connectivity index (χ0n) is 17.5. The van der Waals surface area contributed by atoms with Crippen LogP contribution in [0.4, 0.5) is 0 Å². The molecule has 1 rings (SSSR count). The molecule has 1 fully saturated rings. The van der Waals surface area contributed by atoms with E-state index in [1.165, 1.54) is 0 Å². The minimum Gasteiger partial charge on any atom is -0.480 e. The molecule has 0 aromatic rings. The van der Waals surface area contributed by atoms with Crippen molar-refractivity contribution in [3.05, 3.63) is 0 Å². The molecule has 200 valence electrons. The number of rotatable bonds is 11. The summed E-state index contributed by atoms with van der Waals surface area (Å²) in [7, 11) is 0. The average Bonchev–Trinajstić information content (AvgIpc) is 2.71. The van der Waals surface area contributed by atoms with Crippen molar-refractivity contribution in [2.45, 2.75) is 25.4 Å². The van der Waals surface area contributed by atoms with E-state index in [1.807, 2.05) is 0 Å². The molecule has 19 nitrogen and oxygen atoms in total. The highest BCUT2D eigenvalue weighted by atomic mass is 16.6. The first-order valence-electron chi connectivity index (χ1n) is 9.01. The summed E-state index contributed by atoms with van der Waals surface area (Å²) in [6, 6.07) is 0. The van der Waals surface area contributed by atoms with Crippen LogP contribution in [-0.2, 0) is 47.9 Å². The van der Waals surface area contributed by atoms with Crippen LogP contribution >= 0.6 is 0 Å². The van der Waals surface area contributed by atoms with Gasteiger partial charge in [-0.25, -0.2) is 14.4 Å². The summed E-state index contributed by atoms with van der Waals surface area (Å²) < 4.78 is 4.03. The Bertz CT molecular complexity index is 907. The van der Waals surface area contributed by atoms with Gasteiger partial charge in [0, 0.05) is 0 Å². The molecule has 0 aliphatic heterocycles. The van der Waals surface area contributed by atoms with Crippen molar-refractivity contribution < 1.29 is 93.8 Å². The molecule has 1 aliphatic rings. The maximum absolute atomic E-state index is 11.7. The predicted octanol–water partition coefficient (Wildman–Crippen LogP) is -2.74. The monoisotopic (exact) mass is 526 g/mol. The Kier molecular flexibility index (Phi) is 9.60. The van der Waals surface area contributed by atoms with Crippen molar-refractivity contribution >= 4 is 53.7 Å². The van der Waals surface area contributed by atoms with Crippen LogP contribution in [0.3, 0.4) is 0 Å². The van der Waals surface area contributed by atoms with Gasteiger partial charge in [0.1, 0.15) is 6.61 Å². The Morgan fingerprint density at radius 1 is 0.556 bits per heavy atom. The standard InChI is InChI=1S/C12H12O12.C5H6O7/c13-4(14)10(5(15)16)2-1-3-11(6(17)18,7(19)20)12(10,8(21)22)9(23)24;6-2(7)1-12-3(4(8)9)5(10)11/h1-3H2,(H,13,14)(H,15,16)(H,17,18)(H,19,20)(H,21,22)(H,23,24);3H,1H2,(H,6,7)(H,8,9)(H,10,11). The van der Waals surface area contributed by atoms with E-state index >= 15 is 0 Å². The van der Waals surface area contributed by atoms with E-state index in [4.69, 9.17) is 15.3 Å². The van der Waals surface area contributed by atoms with Gasteiger partial charge >= 0.3 is 53.7 Å².